The number of halogens is 2. The number of aliphatic hydroxyl groups is 3. The molecule has 3 N–H and O–H groups in total. The molecular weight excluding hydrogens is 174 g/mol. The van der Waals surface area contributed by atoms with Crippen molar-refractivity contribution in [1.29, 1.82) is 0 Å². The van der Waals surface area contributed by atoms with Gasteiger partial charge >= 0.3 is 0 Å². The Kier molecular flexibility index (Phi) is 4.87. The maximum Gasteiger partial charge on any atom is 0.184 e. The second-order valence-electron chi connectivity index (χ2n) is 2.27. The summed E-state index contributed by atoms with van der Waals surface area (Å²) in [5, 5.41) is 25.4. The van der Waals surface area contributed by atoms with Crippen molar-refractivity contribution in [2.75, 3.05) is 6.61 Å². The molecule has 12 heavy (non-hydrogen) atoms. The van der Waals surface area contributed by atoms with Crippen molar-refractivity contribution in [2.45, 2.75) is 24.6 Å². The summed E-state index contributed by atoms with van der Waals surface area (Å²) in [7, 11) is 0. The molecule has 0 aliphatic carbocycles. The first-order valence-corrected chi connectivity index (χ1v) is 3.25. The van der Waals surface area contributed by atoms with Crippen molar-refractivity contribution in [3.8, 4) is 0 Å². The van der Waals surface area contributed by atoms with Crippen LogP contribution in [-0.4, -0.2) is 52.8 Å². The van der Waals surface area contributed by atoms with E-state index in [9.17, 15) is 13.6 Å². The third-order valence-corrected chi connectivity index (χ3v) is 1.34. The predicted molar refractivity (Wildman–Crippen MR) is 35.0 cm³/mol. The number of hydrogen-bond acceptors (Lipinski definition) is 4. The fourth-order valence-electron chi connectivity index (χ4n) is 0.584. The molecule has 0 aromatic rings. The summed E-state index contributed by atoms with van der Waals surface area (Å²) in [6, 6.07) is 0. The lowest BCUT2D eigenvalue weighted by atomic mass is 10.1. The van der Waals surface area contributed by atoms with Crippen molar-refractivity contribution < 1.29 is 28.9 Å². The van der Waals surface area contributed by atoms with Gasteiger partial charge < -0.3 is 20.1 Å². The average Bonchev–Trinajstić information content (AvgIpc) is 2.12. The average molecular weight is 184 g/mol. The molecule has 0 aromatic carbocycles. The number of carbonyl (C=O) groups excluding carboxylic acids is 1. The van der Waals surface area contributed by atoms with E-state index in [4.69, 9.17) is 15.3 Å². The molecule has 4 atom stereocenters. The first-order chi connectivity index (χ1) is 5.54. The smallest absolute Gasteiger partial charge is 0.184 e. The summed E-state index contributed by atoms with van der Waals surface area (Å²) in [5.74, 6) is 0. The van der Waals surface area contributed by atoms with Crippen LogP contribution in [0.1, 0.15) is 0 Å². The molecular formula is C6H10F2O4. The Hall–Kier alpha value is -0.590. The summed E-state index contributed by atoms with van der Waals surface area (Å²) < 4.78 is 24.8. The predicted octanol–water partition coefficient (Wildman–Crippen LogP) is -1.42. The number of aldehydes is 1. The van der Waals surface area contributed by atoms with Crippen LogP contribution < -0.4 is 0 Å². The first-order valence-electron chi connectivity index (χ1n) is 3.25. The summed E-state index contributed by atoms with van der Waals surface area (Å²) in [5.41, 5.74) is 0. The van der Waals surface area contributed by atoms with Gasteiger partial charge in [-0.3, -0.25) is 0 Å². The molecule has 4 nitrogen and oxygen atoms in total. The number of hydrogen-bond donors (Lipinski definition) is 3. The topological polar surface area (TPSA) is 77.8 Å². The van der Waals surface area contributed by atoms with E-state index in [1.54, 1.807) is 0 Å². The lowest BCUT2D eigenvalue weighted by Gasteiger charge is -2.19. The minimum absolute atomic E-state index is 0.276. The molecule has 72 valence electrons. The highest BCUT2D eigenvalue weighted by Gasteiger charge is 2.32. The third-order valence-electron chi connectivity index (χ3n) is 1.34. The van der Waals surface area contributed by atoms with Gasteiger partial charge in [0.05, 0.1) is 6.61 Å². The fraction of sp³-hybridized carbons (Fsp3) is 0.833. The summed E-state index contributed by atoms with van der Waals surface area (Å²) in [6.45, 7) is -0.941. The molecule has 0 aliphatic rings. The van der Waals surface area contributed by atoms with E-state index in [-0.39, 0.29) is 6.29 Å². The van der Waals surface area contributed by atoms with E-state index in [2.05, 4.69) is 0 Å². The van der Waals surface area contributed by atoms with Crippen LogP contribution >= 0.6 is 0 Å². The summed E-state index contributed by atoms with van der Waals surface area (Å²) in [6.07, 6.45) is -9.14. The van der Waals surface area contributed by atoms with Crippen LogP contribution in [0.4, 0.5) is 8.78 Å². The van der Waals surface area contributed by atoms with Gasteiger partial charge in [0.2, 0.25) is 0 Å². The molecule has 0 heterocycles. The highest BCUT2D eigenvalue weighted by molar-refractivity contribution is 5.56. The Balaban J connectivity index is 4.07. The van der Waals surface area contributed by atoms with E-state index >= 15 is 0 Å². The van der Waals surface area contributed by atoms with Gasteiger partial charge in [0.25, 0.3) is 0 Å². The molecule has 0 rings (SSSR count). The summed E-state index contributed by atoms with van der Waals surface area (Å²) in [4.78, 5) is 9.72. The molecule has 0 bridgehead atoms. The lowest BCUT2D eigenvalue weighted by Crippen LogP contribution is -2.42. The Morgan fingerprint density at radius 3 is 2.17 bits per heavy atom. The number of carbonyl (C=O) groups is 1. The first kappa shape index (κ1) is 11.4. The fourth-order valence-corrected chi connectivity index (χ4v) is 0.584. The van der Waals surface area contributed by atoms with Crippen LogP contribution in [0, 0.1) is 0 Å². The number of alkyl halides is 2. The van der Waals surface area contributed by atoms with E-state index in [1.165, 1.54) is 0 Å². The van der Waals surface area contributed by atoms with Crippen molar-refractivity contribution in [3.63, 3.8) is 0 Å². The van der Waals surface area contributed by atoms with Crippen LogP contribution in [0.5, 0.6) is 0 Å². The Morgan fingerprint density at radius 1 is 1.33 bits per heavy atom. The normalized spacial score (nSPS) is 21.1. The van der Waals surface area contributed by atoms with Crippen LogP contribution in [0.15, 0.2) is 0 Å². The Labute approximate surface area is 67.4 Å². The molecule has 0 aromatic heterocycles. The van der Waals surface area contributed by atoms with Crippen molar-refractivity contribution >= 4 is 6.29 Å². The molecule has 0 saturated carbocycles. The van der Waals surface area contributed by atoms with E-state index < -0.39 is 31.2 Å². The summed E-state index contributed by atoms with van der Waals surface area (Å²) >= 11 is 0. The molecule has 0 amide bonds. The van der Waals surface area contributed by atoms with Gasteiger partial charge in [-0.25, -0.2) is 8.78 Å². The van der Waals surface area contributed by atoms with Crippen LogP contribution in [0.3, 0.4) is 0 Å². The van der Waals surface area contributed by atoms with Gasteiger partial charge in [0.1, 0.15) is 12.2 Å². The zero-order chi connectivity index (χ0) is 9.72. The van der Waals surface area contributed by atoms with Gasteiger partial charge in [-0.15, -0.1) is 0 Å². The molecule has 0 fully saturated rings. The van der Waals surface area contributed by atoms with Gasteiger partial charge in [0, 0.05) is 0 Å². The number of aliphatic hydroxyl groups excluding tert-OH is 3. The van der Waals surface area contributed by atoms with Crippen molar-refractivity contribution in [2.24, 2.45) is 0 Å². The lowest BCUT2D eigenvalue weighted by molar-refractivity contribution is -0.120. The molecule has 0 radical (unpaired) electrons. The minimum atomic E-state index is -2.39. The molecule has 6 heteroatoms. The monoisotopic (exact) mass is 184 g/mol. The van der Waals surface area contributed by atoms with Crippen LogP contribution in [-0.2, 0) is 4.79 Å². The van der Waals surface area contributed by atoms with E-state index in [1.807, 2.05) is 0 Å². The second kappa shape index (κ2) is 5.13. The standard InChI is InChI=1S/C6H10F2O4/c7-3(1-9)6(12)5(8)4(11)2-10/h1,3-6,10-12H,2H2/t3-,4+,5+,6+/m0/s1. The molecule has 0 saturated heterocycles. The van der Waals surface area contributed by atoms with Gasteiger partial charge in [-0.2, -0.15) is 0 Å². The third kappa shape index (κ3) is 2.80. The molecule has 0 unspecified atom stereocenters. The maximum absolute atomic E-state index is 12.6. The van der Waals surface area contributed by atoms with Crippen LogP contribution in [0.2, 0.25) is 0 Å². The van der Waals surface area contributed by atoms with E-state index in [0.29, 0.717) is 0 Å². The Morgan fingerprint density at radius 2 is 1.83 bits per heavy atom. The van der Waals surface area contributed by atoms with Crippen molar-refractivity contribution in [1.82, 2.24) is 0 Å². The zero-order valence-corrected chi connectivity index (χ0v) is 6.10. The number of rotatable bonds is 5. The molecule has 0 aliphatic heterocycles. The SMILES string of the molecule is O=C[C@H](F)[C@@H](O)[C@H](F)[C@H](O)CO. The van der Waals surface area contributed by atoms with Gasteiger partial charge in [0.15, 0.2) is 18.6 Å². The van der Waals surface area contributed by atoms with E-state index in [0.717, 1.165) is 0 Å². The highest BCUT2D eigenvalue weighted by Crippen LogP contribution is 2.09. The van der Waals surface area contributed by atoms with Crippen molar-refractivity contribution in [3.05, 3.63) is 0 Å². The Bertz CT molecular complexity index is 144. The zero-order valence-electron chi connectivity index (χ0n) is 6.10. The van der Waals surface area contributed by atoms with Crippen LogP contribution in [0.25, 0.3) is 0 Å². The van der Waals surface area contributed by atoms with Gasteiger partial charge in [-0.1, -0.05) is 0 Å². The molecule has 0 spiro atoms. The highest BCUT2D eigenvalue weighted by atomic mass is 19.1. The maximum atomic E-state index is 12.6. The second-order valence-corrected chi connectivity index (χ2v) is 2.27. The quantitative estimate of drug-likeness (QED) is 0.458. The van der Waals surface area contributed by atoms with Gasteiger partial charge in [-0.05, 0) is 0 Å². The largest absolute Gasteiger partial charge is 0.394 e. The minimum Gasteiger partial charge on any atom is -0.394 e.